The number of urea groups is 3. The number of nitrogens with two attached hydrogens (primary N) is 1. The Kier molecular flexibility index (Phi) is 7.08. The highest BCUT2D eigenvalue weighted by Crippen LogP contribution is 2.03. The molecule has 9 heteroatoms. The molecule has 1 atom stereocenters. The molecule has 0 aromatic heterocycles. The Labute approximate surface area is 112 Å². The summed E-state index contributed by atoms with van der Waals surface area (Å²) in [7, 11) is 4.47. The van der Waals surface area contributed by atoms with E-state index in [1.165, 1.54) is 19.0 Å². The molecule has 0 spiro atoms. The van der Waals surface area contributed by atoms with Crippen LogP contribution in [0.25, 0.3) is 0 Å². The van der Waals surface area contributed by atoms with Crippen LogP contribution in [0.1, 0.15) is 13.3 Å². The lowest BCUT2D eigenvalue weighted by Crippen LogP contribution is -2.55. The van der Waals surface area contributed by atoms with Crippen LogP contribution in [0.4, 0.5) is 14.4 Å². The second kappa shape index (κ2) is 8.01. The number of hydrogen-bond acceptors (Lipinski definition) is 3. The van der Waals surface area contributed by atoms with Crippen molar-refractivity contribution in [3.8, 4) is 0 Å². The van der Waals surface area contributed by atoms with Crippen LogP contribution < -0.4 is 27.0 Å². The fourth-order valence-electron chi connectivity index (χ4n) is 1.33. The molecule has 0 radical (unpaired) electrons. The van der Waals surface area contributed by atoms with Crippen LogP contribution in [0.5, 0.6) is 0 Å². The van der Waals surface area contributed by atoms with Gasteiger partial charge in [0, 0.05) is 33.6 Å². The lowest BCUT2D eigenvalue weighted by Gasteiger charge is -2.28. The van der Waals surface area contributed by atoms with Crippen LogP contribution in [-0.2, 0) is 0 Å². The zero-order valence-corrected chi connectivity index (χ0v) is 11.6. The molecule has 9 nitrogen and oxygen atoms in total. The fourth-order valence-corrected chi connectivity index (χ4v) is 1.33. The molecule has 0 fully saturated rings. The van der Waals surface area contributed by atoms with Gasteiger partial charge < -0.3 is 31.9 Å². The van der Waals surface area contributed by atoms with E-state index in [0.717, 1.165) is 0 Å². The van der Waals surface area contributed by atoms with Crippen LogP contribution in [-0.4, -0.2) is 56.3 Å². The van der Waals surface area contributed by atoms with E-state index in [9.17, 15) is 14.4 Å². The maximum Gasteiger partial charge on any atom is 0.316 e. The fraction of sp³-hybridized carbons (Fsp3) is 0.700. The second-order valence-corrected chi connectivity index (χ2v) is 4.03. The summed E-state index contributed by atoms with van der Waals surface area (Å²) < 4.78 is 0. The van der Waals surface area contributed by atoms with E-state index in [-0.39, 0.29) is 6.04 Å². The number of amides is 6. The number of hydrogen-bond donors (Lipinski definition) is 5. The predicted octanol–water partition coefficient (Wildman–Crippen LogP) is -1.04. The second-order valence-electron chi connectivity index (χ2n) is 4.03. The zero-order chi connectivity index (χ0) is 15.0. The van der Waals surface area contributed by atoms with Crippen LogP contribution in [0.2, 0.25) is 0 Å². The third kappa shape index (κ3) is 6.34. The zero-order valence-electron chi connectivity index (χ0n) is 11.6. The lowest BCUT2D eigenvalue weighted by atomic mass is 10.1. The van der Waals surface area contributed by atoms with E-state index in [1.807, 2.05) is 0 Å². The molecule has 0 aromatic rings. The van der Waals surface area contributed by atoms with Gasteiger partial charge in [0.15, 0.2) is 0 Å². The highest BCUT2D eigenvalue weighted by Gasteiger charge is 2.21. The molecule has 1 unspecified atom stereocenters. The predicted molar refractivity (Wildman–Crippen MR) is 70.4 cm³/mol. The van der Waals surface area contributed by atoms with Gasteiger partial charge in [0.05, 0.1) is 0 Å². The monoisotopic (exact) mass is 274 g/mol. The first-order valence-corrected chi connectivity index (χ1v) is 5.80. The van der Waals surface area contributed by atoms with E-state index in [0.29, 0.717) is 6.42 Å². The van der Waals surface area contributed by atoms with Crippen molar-refractivity contribution in [3.63, 3.8) is 0 Å². The average Bonchev–Trinajstić information content (AvgIpc) is 2.36. The van der Waals surface area contributed by atoms with Gasteiger partial charge in [-0.1, -0.05) is 0 Å². The van der Waals surface area contributed by atoms with Crippen LogP contribution in [0.15, 0.2) is 0 Å². The topological polar surface area (TPSA) is 129 Å². The molecular formula is C10H22N6O3. The number of primary amides is 1. The first-order valence-electron chi connectivity index (χ1n) is 5.80. The maximum absolute atomic E-state index is 11.3. The van der Waals surface area contributed by atoms with Gasteiger partial charge in [-0.25, -0.2) is 14.4 Å². The Bertz CT molecular complexity index is 317. The van der Waals surface area contributed by atoms with Gasteiger partial charge >= 0.3 is 18.1 Å². The van der Waals surface area contributed by atoms with Crippen LogP contribution in [0.3, 0.4) is 0 Å². The molecule has 0 bridgehead atoms. The standard InChI is InChI=1S/C10H22N6O3/c1-6(16(4)8(11)17)5-7(14-9(18)12-2)15-10(19)13-3/h6-7H,5H2,1-4H3,(H2,11,17)(H2,12,14,18)(H2,13,15,19). The largest absolute Gasteiger partial charge is 0.351 e. The molecule has 0 aromatic carbocycles. The van der Waals surface area contributed by atoms with E-state index in [4.69, 9.17) is 5.73 Å². The minimum Gasteiger partial charge on any atom is -0.351 e. The van der Waals surface area contributed by atoms with Crippen molar-refractivity contribution in [2.75, 3.05) is 21.1 Å². The summed E-state index contributed by atoms with van der Waals surface area (Å²) in [6.07, 6.45) is -0.308. The van der Waals surface area contributed by atoms with Crippen molar-refractivity contribution < 1.29 is 14.4 Å². The average molecular weight is 274 g/mol. The number of nitrogens with one attached hydrogen (secondary N) is 4. The minimum absolute atomic E-state index is 0.253. The van der Waals surface area contributed by atoms with Gasteiger partial charge in [-0.05, 0) is 6.92 Å². The van der Waals surface area contributed by atoms with Gasteiger partial charge in [0.1, 0.15) is 6.17 Å². The lowest BCUT2D eigenvalue weighted by molar-refractivity contribution is 0.191. The van der Waals surface area contributed by atoms with Gasteiger partial charge in [0.2, 0.25) is 0 Å². The van der Waals surface area contributed by atoms with Crippen LogP contribution >= 0.6 is 0 Å². The summed E-state index contributed by atoms with van der Waals surface area (Å²) in [5.41, 5.74) is 5.16. The molecular weight excluding hydrogens is 252 g/mol. The Balaban J connectivity index is 4.60. The first kappa shape index (κ1) is 16.8. The van der Waals surface area contributed by atoms with Crippen molar-refractivity contribution in [2.24, 2.45) is 5.73 Å². The molecule has 0 aliphatic rings. The van der Waals surface area contributed by atoms with E-state index in [1.54, 1.807) is 14.0 Å². The summed E-state index contributed by atoms with van der Waals surface area (Å²) >= 11 is 0. The Morgan fingerprint density at radius 3 is 1.84 bits per heavy atom. The highest BCUT2D eigenvalue weighted by atomic mass is 16.2. The van der Waals surface area contributed by atoms with Crippen molar-refractivity contribution in [2.45, 2.75) is 25.6 Å². The number of carbonyl (C=O) groups is 3. The number of carbonyl (C=O) groups excluding carboxylic acids is 3. The SMILES string of the molecule is CNC(=O)NC(CC(C)N(C)C(N)=O)NC(=O)NC. The van der Waals surface area contributed by atoms with Gasteiger partial charge in [0.25, 0.3) is 0 Å². The molecule has 6 amide bonds. The van der Waals surface area contributed by atoms with Crippen molar-refractivity contribution in [1.82, 2.24) is 26.2 Å². The molecule has 110 valence electrons. The molecule has 0 rings (SSSR count). The van der Waals surface area contributed by atoms with Gasteiger partial charge in [-0.2, -0.15) is 0 Å². The molecule has 0 saturated carbocycles. The van der Waals surface area contributed by atoms with Crippen LogP contribution in [0, 0.1) is 0 Å². The summed E-state index contributed by atoms with van der Waals surface area (Å²) in [4.78, 5) is 34.9. The molecule has 0 aliphatic heterocycles. The van der Waals surface area contributed by atoms with Gasteiger partial charge in [-0.15, -0.1) is 0 Å². The third-order valence-electron chi connectivity index (χ3n) is 2.65. The van der Waals surface area contributed by atoms with E-state index >= 15 is 0 Å². The molecule has 6 N–H and O–H groups in total. The normalized spacial score (nSPS) is 11.4. The van der Waals surface area contributed by atoms with E-state index in [2.05, 4.69) is 21.3 Å². The molecule has 19 heavy (non-hydrogen) atoms. The van der Waals surface area contributed by atoms with Crippen molar-refractivity contribution >= 4 is 18.1 Å². The quantitative estimate of drug-likeness (QED) is 0.411. The summed E-state index contributed by atoms with van der Waals surface area (Å²) in [5.74, 6) is 0. The number of rotatable bonds is 5. The summed E-state index contributed by atoms with van der Waals surface area (Å²) in [6, 6.07) is -1.70. The highest BCUT2D eigenvalue weighted by molar-refractivity contribution is 5.77. The third-order valence-corrected chi connectivity index (χ3v) is 2.65. The summed E-state index contributed by atoms with van der Waals surface area (Å²) in [6.45, 7) is 1.76. The smallest absolute Gasteiger partial charge is 0.316 e. The Morgan fingerprint density at radius 1 is 1.11 bits per heavy atom. The Morgan fingerprint density at radius 2 is 1.53 bits per heavy atom. The van der Waals surface area contributed by atoms with E-state index < -0.39 is 24.3 Å². The Hall–Kier alpha value is -2.19. The van der Waals surface area contributed by atoms with Crippen molar-refractivity contribution in [3.05, 3.63) is 0 Å². The number of nitrogens with zero attached hydrogens (tertiary/aromatic N) is 1. The van der Waals surface area contributed by atoms with Gasteiger partial charge in [-0.3, -0.25) is 0 Å². The molecule has 0 saturated heterocycles. The minimum atomic E-state index is -0.628. The maximum atomic E-state index is 11.3. The molecule has 0 heterocycles. The van der Waals surface area contributed by atoms with Crippen molar-refractivity contribution in [1.29, 1.82) is 0 Å². The summed E-state index contributed by atoms with van der Waals surface area (Å²) in [5, 5.41) is 9.88. The molecule has 0 aliphatic carbocycles. The first-order chi connectivity index (χ1) is 8.81.